The number of anilines is 1. The number of amides is 1. The minimum Gasteiger partial charge on any atom is -0.456 e. The zero-order valence-corrected chi connectivity index (χ0v) is 14.0. The fourth-order valence-corrected chi connectivity index (χ4v) is 2.26. The number of nitrogens with one attached hydrogen (secondary N) is 1. The molecule has 7 nitrogen and oxygen atoms in total. The number of halogens is 1. The highest BCUT2D eigenvalue weighted by atomic mass is 19.1. The molecule has 2 rings (SSSR count). The Hall–Kier alpha value is -3.29. The van der Waals surface area contributed by atoms with Crippen LogP contribution in [0, 0.1) is 15.9 Å². The van der Waals surface area contributed by atoms with E-state index in [0.29, 0.717) is 0 Å². The highest BCUT2D eigenvalue weighted by Crippen LogP contribution is 2.21. The van der Waals surface area contributed by atoms with Crippen LogP contribution in [0.5, 0.6) is 0 Å². The van der Waals surface area contributed by atoms with Gasteiger partial charge in [-0.3, -0.25) is 19.7 Å². The fraction of sp³-hybridized carbons (Fsp3) is 0.222. The van der Waals surface area contributed by atoms with E-state index in [0.717, 1.165) is 23.8 Å². The van der Waals surface area contributed by atoms with Gasteiger partial charge < -0.3 is 10.1 Å². The van der Waals surface area contributed by atoms with Gasteiger partial charge in [-0.05, 0) is 17.5 Å². The molecule has 1 amide bonds. The molecule has 0 saturated carbocycles. The first kappa shape index (κ1) is 19.0. The summed E-state index contributed by atoms with van der Waals surface area (Å²) in [4.78, 5) is 33.6. The number of nitro benzene ring substituents is 1. The van der Waals surface area contributed by atoms with Crippen molar-refractivity contribution in [2.75, 3.05) is 11.9 Å². The van der Waals surface area contributed by atoms with Gasteiger partial charge in [-0.15, -0.1) is 0 Å². The van der Waals surface area contributed by atoms with Crippen LogP contribution in [-0.2, 0) is 14.3 Å². The largest absolute Gasteiger partial charge is 0.456 e. The second-order valence-electron chi connectivity index (χ2n) is 5.65. The van der Waals surface area contributed by atoms with Gasteiger partial charge >= 0.3 is 5.97 Å². The average molecular weight is 360 g/mol. The summed E-state index contributed by atoms with van der Waals surface area (Å²) in [6, 6.07) is 12.1. The van der Waals surface area contributed by atoms with Crippen LogP contribution < -0.4 is 5.32 Å². The van der Waals surface area contributed by atoms with Crippen molar-refractivity contribution in [2.45, 2.75) is 19.3 Å². The Bertz CT molecular complexity index is 810. The highest BCUT2D eigenvalue weighted by molar-refractivity contribution is 5.93. The second kappa shape index (κ2) is 8.70. The number of carbonyl (C=O) groups is 2. The van der Waals surface area contributed by atoms with Gasteiger partial charge in [-0.1, -0.05) is 37.3 Å². The summed E-state index contributed by atoms with van der Waals surface area (Å²) in [5.41, 5.74) is 0.251. The van der Waals surface area contributed by atoms with Crippen LogP contribution >= 0.6 is 0 Å². The molecule has 0 bridgehead atoms. The molecule has 1 atom stereocenters. The van der Waals surface area contributed by atoms with E-state index in [1.807, 2.05) is 37.3 Å². The van der Waals surface area contributed by atoms with Crippen molar-refractivity contribution < 1.29 is 23.6 Å². The molecule has 0 heterocycles. The molecule has 0 spiro atoms. The van der Waals surface area contributed by atoms with E-state index in [-0.39, 0.29) is 23.7 Å². The lowest BCUT2D eigenvalue weighted by Crippen LogP contribution is -2.22. The van der Waals surface area contributed by atoms with E-state index in [1.54, 1.807) is 0 Å². The van der Waals surface area contributed by atoms with Crippen molar-refractivity contribution in [1.29, 1.82) is 0 Å². The van der Waals surface area contributed by atoms with Gasteiger partial charge in [0.05, 0.1) is 17.0 Å². The van der Waals surface area contributed by atoms with Gasteiger partial charge in [-0.25, -0.2) is 4.39 Å². The van der Waals surface area contributed by atoms with E-state index < -0.39 is 29.2 Å². The molecule has 0 fully saturated rings. The zero-order chi connectivity index (χ0) is 19.1. The number of nitrogens with zero attached hydrogens (tertiary/aromatic N) is 1. The molecular formula is C18H17FN2O5. The summed E-state index contributed by atoms with van der Waals surface area (Å²) in [6.07, 6.45) is 0.0858. The lowest BCUT2D eigenvalue weighted by atomic mass is 9.98. The molecule has 0 radical (unpaired) electrons. The maximum absolute atomic E-state index is 13.6. The van der Waals surface area contributed by atoms with E-state index in [1.165, 1.54) is 0 Å². The van der Waals surface area contributed by atoms with Crippen molar-refractivity contribution in [3.8, 4) is 0 Å². The monoisotopic (exact) mass is 360 g/mol. The Morgan fingerprint density at radius 3 is 2.58 bits per heavy atom. The van der Waals surface area contributed by atoms with Crippen LogP contribution in [0.4, 0.5) is 15.8 Å². The maximum Gasteiger partial charge on any atom is 0.306 e. The molecule has 2 aromatic rings. The first-order valence-corrected chi connectivity index (χ1v) is 7.81. The quantitative estimate of drug-likeness (QED) is 0.463. The summed E-state index contributed by atoms with van der Waals surface area (Å²) in [5, 5.41) is 12.8. The third kappa shape index (κ3) is 5.37. The van der Waals surface area contributed by atoms with Gasteiger partial charge in [0.1, 0.15) is 5.82 Å². The molecule has 2 aromatic carbocycles. The molecule has 8 heteroatoms. The number of hydrogen-bond donors (Lipinski definition) is 1. The first-order valence-electron chi connectivity index (χ1n) is 7.81. The lowest BCUT2D eigenvalue weighted by molar-refractivity contribution is -0.384. The maximum atomic E-state index is 13.6. The topological polar surface area (TPSA) is 98.5 Å². The van der Waals surface area contributed by atoms with E-state index in [4.69, 9.17) is 4.74 Å². The third-order valence-corrected chi connectivity index (χ3v) is 3.64. The summed E-state index contributed by atoms with van der Waals surface area (Å²) < 4.78 is 18.5. The van der Waals surface area contributed by atoms with Crippen LogP contribution in [0.3, 0.4) is 0 Å². The average Bonchev–Trinajstić information content (AvgIpc) is 2.62. The molecular weight excluding hydrogens is 343 g/mol. The predicted octanol–water partition coefficient (Wildman–Crippen LogP) is 3.41. The van der Waals surface area contributed by atoms with E-state index in [9.17, 15) is 24.1 Å². The summed E-state index contributed by atoms with van der Waals surface area (Å²) >= 11 is 0. The van der Waals surface area contributed by atoms with Crippen LogP contribution in [0.1, 0.15) is 24.8 Å². The molecule has 0 aromatic heterocycles. The lowest BCUT2D eigenvalue weighted by Gasteiger charge is -2.11. The number of rotatable bonds is 7. The van der Waals surface area contributed by atoms with Crippen LogP contribution in [0.2, 0.25) is 0 Å². The summed E-state index contributed by atoms with van der Waals surface area (Å²) in [6.45, 7) is 1.25. The van der Waals surface area contributed by atoms with Gasteiger partial charge in [-0.2, -0.15) is 0 Å². The molecule has 26 heavy (non-hydrogen) atoms. The Kier molecular flexibility index (Phi) is 6.37. The van der Waals surface area contributed by atoms with Gasteiger partial charge in [0.25, 0.3) is 11.6 Å². The van der Waals surface area contributed by atoms with Gasteiger partial charge in [0.15, 0.2) is 6.61 Å². The third-order valence-electron chi connectivity index (χ3n) is 3.64. The Labute approximate surface area is 148 Å². The molecule has 0 aliphatic rings. The second-order valence-corrected chi connectivity index (χ2v) is 5.65. The smallest absolute Gasteiger partial charge is 0.306 e. The Morgan fingerprint density at radius 1 is 1.23 bits per heavy atom. The van der Waals surface area contributed by atoms with Crippen LogP contribution in [0.25, 0.3) is 0 Å². The minimum absolute atomic E-state index is 0.0824. The number of benzene rings is 2. The van der Waals surface area contributed by atoms with Crippen molar-refractivity contribution in [3.63, 3.8) is 0 Å². The first-order chi connectivity index (χ1) is 12.4. The minimum atomic E-state index is -0.826. The number of non-ortho nitro benzene ring substituents is 1. The highest BCUT2D eigenvalue weighted by Gasteiger charge is 2.16. The molecule has 0 aliphatic heterocycles. The fourth-order valence-electron chi connectivity index (χ4n) is 2.26. The number of carbonyl (C=O) groups excluding carboxylic acids is 2. The number of hydrogen-bond acceptors (Lipinski definition) is 5. The number of ether oxygens (including phenoxy) is 1. The number of nitro groups is 1. The zero-order valence-electron chi connectivity index (χ0n) is 14.0. The molecule has 0 aliphatic carbocycles. The van der Waals surface area contributed by atoms with Crippen LogP contribution in [-0.4, -0.2) is 23.4 Å². The van der Waals surface area contributed by atoms with Gasteiger partial charge in [0, 0.05) is 12.1 Å². The predicted molar refractivity (Wildman–Crippen MR) is 92.1 cm³/mol. The van der Waals surface area contributed by atoms with E-state index >= 15 is 0 Å². The molecule has 136 valence electrons. The SMILES string of the molecule is C[C@H](CC(=O)OCC(=O)Nc1cc([N+](=O)[O-])ccc1F)c1ccccc1. The van der Waals surface area contributed by atoms with Gasteiger partial charge in [0.2, 0.25) is 0 Å². The van der Waals surface area contributed by atoms with Crippen molar-refractivity contribution in [2.24, 2.45) is 0 Å². The molecule has 1 N–H and O–H groups in total. The standard InChI is InChI=1S/C18H17FN2O5/c1-12(13-5-3-2-4-6-13)9-18(23)26-11-17(22)20-16-10-14(21(24)25)7-8-15(16)19/h2-8,10,12H,9,11H2,1H3,(H,20,22)/t12-/m1/s1. The summed E-state index contributed by atoms with van der Waals surface area (Å²) in [7, 11) is 0. The normalized spacial score (nSPS) is 11.5. The van der Waals surface area contributed by atoms with Crippen molar-refractivity contribution in [1.82, 2.24) is 0 Å². The van der Waals surface area contributed by atoms with Crippen molar-refractivity contribution >= 4 is 23.3 Å². The Balaban J connectivity index is 1.86. The van der Waals surface area contributed by atoms with Crippen molar-refractivity contribution in [3.05, 3.63) is 70.0 Å². The molecule has 0 saturated heterocycles. The van der Waals surface area contributed by atoms with E-state index in [2.05, 4.69) is 5.32 Å². The number of esters is 1. The van der Waals surface area contributed by atoms with Crippen LogP contribution in [0.15, 0.2) is 48.5 Å². The Morgan fingerprint density at radius 2 is 1.92 bits per heavy atom. The molecule has 0 unspecified atom stereocenters. The summed E-state index contributed by atoms with van der Waals surface area (Å²) in [5.74, 6) is -2.27.